The van der Waals surface area contributed by atoms with Gasteiger partial charge in [-0.15, -0.1) is 12.4 Å². The highest BCUT2D eigenvalue weighted by Crippen LogP contribution is 2.35. The number of aliphatic hydroxyl groups excluding tert-OH is 1. The molecule has 3 N–H and O–H groups in total. The molecule has 16 heavy (non-hydrogen) atoms. The summed E-state index contributed by atoms with van der Waals surface area (Å²) in [7, 11) is 0. The first-order chi connectivity index (χ1) is 6.88. The number of hydrogen-bond acceptors (Lipinski definition) is 2. The number of aliphatic hydroxyl groups is 1. The molecule has 1 aromatic carbocycles. The van der Waals surface area contributed by atoms with Gasteiger partial charge in [0.2, 0.25) is 0 Å². The second-order valence-electron chi connectivity index (χ2n) is 4.29. The van der Waals surface area contributed by atoms with Crippen molar-refractivity contribution in [2.75, 3.05) is 6.61 Å². The van der Waals surface area contributed by atoms with Crippen LogP contribution in [0, 0.1) is 5.41 Å². The first kappa shape index (κ1) is 16.0. The van der Waals surface area contributed by atoms with Gasteiger partial charge in [0.25, 0.3) is 0 Å². The Morgan fingerprint density at radius 1 is 1.38 bits per heavy atom. The van der Waals surface area contributed by atoms with E-state index in [1.54, 1.807) is 18.2 Å². The van der Waals surface area contributed by atoms with E-state index < -0.39 is 5.41 Å². The molecule has 0 aromatic heterocycles. The molecule has 92 valence electrons. The Bertz CT molecular complexity index is 355. The fraction of sp³-hybridized carbons (Fsp3) is 0.455. The summed E-state index contributed by atoms with van der Waals surface area (Å²) in [6.45, 7) is 3.76. The van der Waals surface area contributed by atoms with Gasteiger partial charge >= 0.3 is 0 Å². The average molecular weight is 285 g/mol. The van der Waals surface area contributed by atoms with Crippen LogP contribution in [-0.4, -0.2) is 11.7 Å². The van der Waals surface area contributed by atoms with Crippen LogP contribution in [0.2, 0.25) is 10.0 Å². The minimum absolute atomic E-state index is 0. The van der Waals surface area contributed by atoms with E-state index in [2.05, 4.69) is 0 Å². The van der Waals surface area contributed by atoms with Crippen molar-refractivity contribution in [3.8, 4) is 0 Å². The van der Waals surface area contributed by atoms with Crippen molar-refractivity contribution in [3.05, 3.63) is 33.8 Å². The number of rotatable bonds is 3. The molecule has 0 aliphatic heterocycles. The highest BCUT2D eigenvalue weighted by molar-refractivity contribution is 6.33. The Kier molecular flexibility index (Phi) is 6.09. The molecule has 0 unspecified atom stereocenters. The molecule has 0 amide bonds. The molecule has 1 atom stereocenters. The Labute approximate surface area is 112 Å². The standard InChI is InChI=1S/C11H15Cl2NO.ClH/c1-11(2,6-15)10(14)8-5-7(12)3-4-9(8)13;/h3-5,10,15H,6,14H2,1-2H3;1H/t10-;/m1./s1. The summed E-state index contributed by atoms with van der Waals surface area (Å²) in [6, 6.07) is 4.83. The molecule has 1 aromatic rings. The molecule has 0 heterocycles. The summed E-state index contributed by atoms with van der Waals surface area (Å²) in [6.07, 6.45) is 0. The molecule has 1 rings (SSSR count). The maximum absolute atomic E-state index is 9.23. The minimum atomic E-state index is -0.422. The smallest absolute Gasteiger partial charge is 0.0500 e. The Hall–Kier alpha value is 0.01000. The quantitative estimate of drug-likeness (QED) is 0.893. The van der Waals surface area contributed by atoms with E-state index in [0.29, 0.717) is 10.0 Å². The number of hydrogen-bond donors (Lipinski definition) is 2. The van der Waals surface area contributed by atoms with Gasteiger partial charge in [0.1, 0.15) is 0 Å². The van der Waals surface area contributed by atoms with Crippen molar-refractivity contribution in [2.24, 2.45) is 11.1 Å². The van der Waals surface area contributed by atoms with Crippen LogP contribution >= 0.6 is 35.6 Å². The maximum Gasteiger partial charge on any atom is 0.0500 e. The Morgan fingerprint density at radius 2 is 1.94 bits per heavy atom. The van der Waals surface area contributed by atoms with E-state index in [0.717, 1.165) is 5.56 Å². The van der Waals surface area contributed by atoms with Gasteiger partial charge in [-0.1, -0.05) is 37.0 Å². The molecule has 0 aliphatic carbocycles. The van der Waals surface area contributed by atoms with Gasteiger partial charge < -0.3 is 10.8 Å². The summed E-state index contributed by atoms with van der Waals surface area (Å²) >= 11 is 11.9. The number of nitrogens with two attached hydrogens (primary N) is 1. The summed E-state index contributed by atoms with van der Waals surface area (Å²) in [5, 5.41) is 10.4. The van der Waals surface area contributed by atoms with E-state index >= 15 is 0 Å². The predicted molar refractivity (Wildman–Crippen MR) is 71.5 cm³/mol. The summed E-state index contributed by atoms with van der Waals surface area (Å²) in [5.41, 5.74) is 6.39. The fourth-order valence-corrected chi connectivity index (χ4v) is 1.69. The van der Waals surface area contributed by atoms with Gasteiger partial charge in [-0.05, 0) is 23.8 Å². The van der Waals surface area contributed by atoms with Crippen LogP contribution < -0.4 is 5.73 Å². The molecular formula is C11H16Cl3NO. The van der Waals surface area contributed by atoms with Gasteiger partial charge in [0, 0.05) is 28.1 Å². The molecule has 0 radical (unpaired) electrons. The molecule has 0 bridgehead atoms. The molecule has 0 fully saturated rings. The van der Waals surface area contributed by atoms with Crippen LogP contribution in [-0.2, 0) is 0 Å². The topological polar surface area (TPSA) is 46.2 Å². The third kappa shape index (κ3) is 3.51. The van der Waals surface area contributed by atoms with Crippen molar-refractivity contribution < 1.29 is 5.11 Å². The fourth-order valence-electron chi connectivity index (χ4n) is 1.27. The van der Waals surface area contributed by atoms with E-state index in [-0.39, 0.29) is 25.1 Å². The zero-order chi connectivity index (χ0) is 11.6. The molecule has 2 nitrogen and oxygen atoms in total. The zero-order valence-electron chi connectivity index (χ0n) is 9.21. The van der Waals surface area contributed by atoms with Crippen LogP contribution in [0.1, 0.15) is 25.5 Å². The molecule has 0 aliphatic rings. The lowest BCUT2D eigenvalue weighted by molar-refractivity contribution is 0.132. The molecular weight excluding hydrogens is 268 g/mol. The Morgan fingerprint density at radius 3 is 2.44 bits per heavy atom. The lowest BCUT2D eigenvalue weighted by Crippen LogP contribution is -2.32. The lowest BCUT2D eigenvalue weighted by Gasteiger charge is -2.30. The monoisotopic (exact) mass is 283 g/mol. The second kappa shape index (κ2) is 6.08. The van der Waals surface area contributed by atoms with Gasteiger partial charge in [0.15, 0.2) is 0 Å². The van der Waals surface area contributed by atoms with Crippen molar-refractivity contribution >= 4 is 35.6 Å². The third-order valence-corrected chi connectivity index (χ3v) is 3.12. The van der Waals surface area contributed by atoms with Gasteiger partial charge in [-0.25, -0.2) is 0 Å². The second-order valence-corrected chi connectivity index (χ2v) is 5.13. The maximum atomic E-state index is 9.23. The van der Waals surface area contributed by atoms with Crippen LogP contribution in [0.5, 0.6) is 0 Å². The van der Waals surface area contributed by atoms with E-state index in [4.69, 9.17) is 28.9 Å². The van der Waals surface area contributed by atoms with Crippen LogP contribution in [0.15, 0.2) is 18.2 Å². The van der Waals surface area contributed by atoms with Gasteiger partial charge in [0.05, 0.1) is 0 Å². The molecule has 0 spiro atoms. The van der Waals surface area contributed by atoms with Crippen molar-refractivity contribution in [2.45, 2.75) is 19.9 Å². The normalized spacial score (nSPS) is 13.1. The highest BCUT2D eigenvalue weighted by Gasteiger charge is 2.28. The first-order valence-corrected chi connectivity index (χ1v) is 5.45. The molecule has 0 saturated carbocycles. The molecule has 5 heteroatoms. The lowest BCUT2D eigenvalue weighted by atomic mass is 9.82. The SMILES string of the molecule is CC(C)(CO)[C@H](N)c1cc(Cl)ccc1Cl.Cl. The zero-order valence-corrected chi connectivity index (χ0v) is 11.5. The highest BCUT2D eigenvalue weighted by atomic mass is 35.5. The minimum Gasteiger partial charge on any atom is -0.396 e. The average Bonchev–Trinajstić information content (AvgIpc) is 2.20. The van der Waals surface area contributed by atoms with Crippen LogP contribution in [0.3, 0.4) is 0 Å². The van der Waals surface area contributed by atoms with E-state index in [9.17, 15) is 5.11 Å². The molecule has 0 saturated heterocycles. The summed E-state index contributed by atoms with van der Waals surface area (Å²) in [5.74, 6) is 0. The summed E-state index contributed by atoms with van der Waals surface area (Å²) < 4.78 is 0. The van der Waals surface area contributed by atoms with Gasteiger partial charge in [-0.3, -0.25) is 0 Å². The first-order valence-electron chi connectivity index (χ1n) is 4.70. The van der Waals surface area contributed by atoms with Crippen molar-refractivity contribution in [3.63, 3.8) is 0 Å². The summed E-state index contributed by atoms with van der Waals surface area (Å²) in [4.78, 5) is 0. The largest absolute Gasteiger partial charge is 0.396 e. The van der Waals surface area contributed by atoms with Crippen LogP contribution in [0.4, 0.5) is 0 Å². The predicted octanol–water partition coefficient (Wildman–Crippen LogP) is 3.43. The van der Waals surface area contributed by atoms with Crippen molar-refractivity contribution in [1.29, 1.82) is 0 Å². The Balaban J connectivity index is 0.00000225. The van der Waals surface area contributed by atoms with Crippen LogP contribution in [0.25, 0.3) is 0 Å². The van der Waals surface area contributed by atoms with Gasteiger partial charge in [-0.2, -0.15) is 0 Å². The van der Waals surface area contributed by atoms with E-state index in [1.165, 1.54) is 0 Å². The number of halogens is 3. The van der Waals surface area contributed by atoms with Crippen molar-refractivity contribution in [1.82, 2.24) is 0 Å². The third-order valence-electron chi connectivity index (χ3n) is 2.54. The number of benzene rings is 1. The van der Waals surface area contributed by atoms with E-state index in [1.807, 2.05) is 13.8 Å².